The highest BCUT2D eigenvalue weighted by Crippen LogP contribution is 2.20. The van der Waals surface area contributed by atoms with Crippen LogP contribution in [0.4, 0.5) is 4.39 Å². The second kappa shape index (κ2) is 4.14. The number of aromatic nitrogens is 2. The quantitative estimate of drug-likeness (QED) is 0.805. The Morgan fingerprint density at radius 2 is 2.06 bits per heavy atom. The van der Waals surface area contributed by atoms with Gasteiger partial charge in [0.2, 0.25) is 0 Å². The molecule has 0 spiro atoms. The predicted octanol–water partition coefficient (Wildman–Crippen LogP) is 1.58. The Hall–Kier alpha value is -2.17. The summed E-state index contributed by atoms with van der Waals surface area (Å²) in [5.74, 6) is -0.544. The molecule has 0 fully saturated rings. The minimum absolute atomic E-state index is 0.229. The number of hydrogen-bond donors (Lipinski definition) is 2. The van der Waals surface area contributed by atoms with Gasteiger partial charge in [-0.2, -0.15) is 5.10 Å². The van der Waals surface area contributed by atoms with E-state index in [0.29, 0.717) is 11.3 Å². The third-order valence-electron chi connectivity index (χ3n) is 2.24. The molecule has 4 nitrogen and oxygen atoms in total. The number of nitrogens with one attached hydrogen (secondary N) is 2. The highest BCUT2D eigenvalue weighted by atomic mass is 19.1. The molecule has 5 heteroatoms. The summed E-state index contributed by atoms with van der Waals surface area (Å²) >= 11 is 0. The van der Waals surface area contributed by atoms with Crippen LogP contribution in [0.5, 0.6) is 0 Å². The lowest BCUT2D eigenvalue weighted by Crippen LogP contribution is -2.17. The molecule has 1 amide bonds. The molecule has 0 radical (unpaired) electrons. The summed E-state index contributed by atoms with van der Waals surface area (Å²) in [5.41, 5.74) is 1.74. The van der Waals surface area contributed by atoms with Crippen LogP contribution in [0.25, 0.3) is 11.3 Å². The van der Waals surface area contributed by atoms with E-state index in [2.05, 4.69) is 15.5 Å². The largest absolute Gasteiger partial charge is 0.355 e. The van der Waals surface area contributed by atoms with Crippen molar-refractivity contribution in [2.24, 2.45) is 0 Å². The molecule has 2 aromatic rings. The molecule has 2 rings (SSSR count). The van der Waals surface area contributed by atoms with Gasteiger partial charge in [0.25, 0.3) is 5.91 Å². The van der Waals surface area contributed by atoms with E-state index in [1.165, 1.54) is 18.3 Å². The average Bonchev–Trinajstić information content (AvgIpc) is 2.78. The summed E-state index contributed by atoms with van der Waals surface area (Å²) in [4.78, 5) is 11.5. The topological polar surface area (TPSA) is 57.8 Å². The maximum atomic E-state index is 12.7. The fraction of sp³-hybridized carbons (Fsp3) is 0.0909. The number of H-pyrrole nitrogens is 1. The number of carbonyl (C=O) groups is 1. The summed E-state index contributed by atoms with van der Waals surface area (Å²) in [5, 5.41) is 9.05. The normalized spacial score (nSPS) is 10.1. The maximum Gasteiger partial charge on any atom is 0.254 e. The fourth-order valence-corrected chi connectivity index (χ4v) is 1.43. The monoisotopic (exact) mass is 219 g/mol. The highest BCUT2D eigenvalue weighted by Gasteiger charge is 2.13. The van der Waals surface area contributed by atoms with Crippen LogP contribution in [0.2, 0.25) is 0 Å². The van der Waals surface area contributed by atoms with Crippen LogP contribution in [0, 0.1) is 5.82 Å². The standard InChI is InChI=1S/C11H10FN3O/c1-13-11(16)9-6-14-15-10(9)7-2-4-8(12)5-3-7/h2-6H,1H3,(H,13,16)(H,14,15). The summed E-state index contributed by atoms with van der Waals surface area (Å²) in [7, 11) is 1.55. The smallest absolute Gasteiger partial charge is 0.254 e. The van der Waals surface area contributed by atoms with Crippen LogP contribution < -0.4 is 5.32 Å². The number of aromatic amines is 1. The summed E-state index contributed by atoms with van der Waals surface area (Å²) in [6.45, 7) is 0. The molecule has 0 aliphatic heterocycles. The molecular weight excluding hydrogens is 209 g/mol. The first-order valence-electron chi connectivity index (χ1n) is 4.73. The number of carbonyl (C=O) groups excluding carboxylic acids is 1. The third kappa shape index (κ3) is 1.79. The Kier molecular flexibility index (Phi) is 2.68. The van der Waals surface area contributed by atoms with Crippen LogP contribution >= 0.6 is 0 Å². The van der Waals surface area contributed by atoms with E-state index in [1.54, 1.807) is 19.2 Å². The molecule has 1 aromatic carbocycles. The van der Waals surface area contributed by atoms with E-state index in [4.69, 9.17) is 0 Å². The van der Waals surface area contributed by atoms with Crippen molar-refractivity contribution < 1.29 is 9.18 Å². The van der Waals surface area contributed by atoms with E-state index in [9.17, 15) is 9.18 Å². The van der Waals surface area contributed by atoms with Gasteiger partial charge in [-0.3, -0.25) is 9.89 Å². The van der Waals surface area contributed by atoms with Gasteiger partial charge in [0.15, 0.2) is 0 Å². The Balaban J connectivity index is 2.44. The number of benzene rings is 1. The Morgan fingerprint density at radius 1 is 1.38 bits per heavy atom. The van der Waals surface area contributed by atoms with Crippen LogP contribution in [0.3, 0.4) is 0 Å². The first-order chi connectivity index (χ1) is 7.72. The molecule has 0 aliphatic rings. The van der Waals surface area contributed by atoms with E-state index < -0.39 is 0 Å². The first-order valence-corrected chi connectivity index (χ1v) is 4.73. The van der Waals surface area contributed by atoms with Crippen LogP contribution in [0.1, 0.15) is 10.4 Å². The second-order valence-corrected chi connectivity index (χ2v) is 3.24. The summed E-state index contributed by atoms with van der Waals surface area (Å²) in [6.07, 6.45) is 1.44. The van der Waals surface area contributed by atoms with Crippen molar-refractivity contribution in [3.63, 3.8) is 0 Å². The van der Waals surface area contributed by atoms with Crippen molar-refractivity contribution in [1.29, 1.82) is 0 Å². The summed E-state index contributed by atoms with van der Waals surface area (Å²) in [6, 6.07) is 5.86. The van der Waals surface area contributed by atoms with Crippen molar-refractivity contribution in [2.75, 3.05) is 7.05 Å². The molecule has 1 heterocycles. The number of amides is 1. The molecule has 2 N–H and O–H groups in total. The zero-order valence-corrected chi connectivity index (χ0v) is 8.62. The SMILES string of the molecule is CNC(=O)c1cn[nH]c1-c1ccc(F)cc1. The molecular formula is C11H10FN3O. The lowest BCUT2D eigenvalue weighted by atomic mass is 10.1. The lowest BCUT2D eigenvalue weighted by Gasteiger charge is -2.01. The van der Waals surface area contributed by atoms with E-state index in [-0.39, 0.29) is 11.7 Å². The summed E-state index contributed by atoms with van der Waals surface area (Å²) < 4.78 is 12.7. The lowest BCUT2D eigenvalue weighted by molar-refractivity contribution is 0.0964. The molecule has 16 heavy (non-hydrogen) atoms. The average molecular weight is 219 g/mol. The van der Waals surface area contributed by atoms with E-state index in [0.717, 1.165) is 5.56 Å². The molecule has 0 atom stereocenters. The molecule has 0 bridgehead atoms. The van der Waals surface area contributed by atoms with Gasteiger partial charge in [-0.25, -0.2) is 4.39 Å². The molecule has 0 saturated carbocycles. The van der Waals surface area contributed by atoms with Crippen molar-refractivity contribution in [1.82, 2.24) is 15.5 Å². The minimum Gasteiger partial charge on any atom is -0.355 e. The molecule has 0 unspecified atom stereocenters. The molecule has 1 aromatic heterocycles. The van der Waals surface area contributed by atoms with Crippen LogP contribution in [-0.2, 0) is 0 Å². The van der Waals surface area contributed by atoms with E-state index >= 15 is 0 Å². The van der Waals surface area contributed by atoms with Gasteiger partial charge in [-0.05, 0) is 24.3 Å². The Labute approximate surface area is 91.5 Å². The zero-order chi connectivity index (χ0) is 11.5. The zero-order valence-electron chi connectivity index (χ0n) is 8.62. The van der Waals surface area contributed by atoms with Gasteiger partial charge in [0.1, 0.15) is 5.82 Å². The highest BCUT2D eigenvalue weighted by molar-refractivity contribution is 5.99. The number of nitrogens with zero attached hydrogens (tertiary/aromatic N) is 1. The first kappa shape index (κ1) is 10.4. The fourth-order valence-electron chi connectivity index (χ4n) is 1.43. The Morgan fingerprint density at radius 3 is 2.69 bits per heavy atom. The van der Waals surface area contributed by atoms with Crippen molar-refractivity contribution in [3.05, 3.63) is 41.8 Å². The van der Waals surface area contributed by atoms with Gasteiger partial charge < -0.3 is 5.32 Å². The van der Waals surface area contributed by atoms with Gasteiger partial charge in [0.05, 0.1) is 17.5 Å². The van der Waals surface area contributed by atoms with Crippen molar-refractivity contribution >= 4 is 5.91 Å². The van der Waals surface area contributed by atoms with E-state index in [1.807, 2.05) is 0 Å². The van der Waals surface area contributed by atoms with Gasteiger partial charge in [-0.15, -0.1) is 0 Å². The molecule has 82 valence electrons. The number of halogens is 1. The van der Waals surface area contributed by atoms with Crippen LogP contribution in [-0.4, -0.2) is 23.2 Å². The van der Waals surface area contributed by atoms with Gasteiger partial charge >= 0.3 is 0 Å². The number of hydrogen-bond acceptors (Lipinski definition) is 2. The molecule has 0 aliphatic carbocycles. The van der Waals surface area contributed by atoms with Crippen molar-refractivity contribution in [3.8, 4) is 11.3 Å². The van der Waals surface area contributed by atoms with Gasteiger partial charge in [0, 0.05) is 12.6 Å². The Bertz CT molecular complexity index is 504. The van der Waals surface area contributed by atoms with Crippen LogP contribution in [0.15, 0.2) is 30.5 Å². The second-order valence-electron chi connectivity index (χ2n) is 3.24. The van der Waals surface area contributed by atoms with Crippen molar-refractivity contribution in [2.45, 2.75) is 0 Å². The predicted molar refractivity (Wildman–Crippen MR) is 57.4 cm³/mol. The molecule has 0 saturated heterocycles. The van der Waals surface area contributed by atoms with Gasteiger partial charge in [-0.1, -0.05) is 0 Å². The minimum atomic E-state index is -0.315. The maximum absolute atomic E-state index is 12.7. The third-order valence-corrected chi connectivity index (χ3v) is 2.24. The number of rotatable bonds is 2.